The molecule has 1 aromatic heterocycles. The lowest BCUT2D eigenvalue weighted by molar-refractivity contribution is 0.152. The highest BCUT2D eigenvalue weighted by Crippen LogP contribution is 2.63. The molecule has 3 rings (SSSR count). The number of ether oxygens (including phenoxy) is 1. The van der Waals surface area contributed by atoms with Crippen LogP contribution in [0, 0.1) is 23.2 Å². The number of hydrogen-bond acceptors (Lipinski definition) is 3. The van der Waals surface area contributed by atoms with Crippen LogP contribution in [-0.4, -0.2) is 13.2 Å². The van der Waals surface area contributed by atoms with Crippen molar-refractivity contribution >= 4 is 27.3 Å². The van der Waals surface area contributed by atoms with Crippen LogP contribution in [0.15, 0.2) is 15.9 Å². The fraction of sp³-hybridized carbons (Fsp3) is 0.500. The first-order valence-electron chi connectivity index (χ1n) is 4.52. The minimum atomic E-state index is -0.213. The molecule has 1 aliphatic carbocycles. The van der Waals surface area contributed by atoms with Crippen molar-refractivity contribution in [2.75, 3.05) is 13.2 Å². The summed E-state index contributed by atoms with van der Waals surface area (Å²) in [5, 5.41) is 11.4. The van der Waals surface area contributed by atoms with E-state index in [2.05, 4.69) is 28.1 Å². The highest BCUT2D eigenvalue weighted by atomic mass is 79.9. The molecule has 0 bridgehead atoms. The Morgan fingerprint density at radius 3 is 2.79 bits per heavy atom. The molecule has 0 spiro atoms. The van der Waals surface area contributed by atoms with Crippen LogP contribution in [0.5, 0.6) is 0 Å². The number of rotatable bonds is 1. The quantitative estimate of drug-likeness (QED) is 0.785. The van der Waals surface area contributed by atoms with Crippen molar-refractivity contribution < 1.29 is 4.74 Å². The highest BCUT2D eigenvalue weighted by molar-refractivity contribution is 9.10. The van der Waals surface area contributed by atoms with Gasteiger partial charge >= 0.3 is 0 Å². The average Bonchev–Trinajstić information content (AvgIpc) is 2.66. The van der Waals surface area contributed by atoms with Crippen molar-refractivity contribution in [3.8, 4) is 6.07 Å². The first-order chi connectivity index (χ1) is 6.79. The lowest BCUT2D eigenvalue weighted by atomic mass is 10.0. The zero-order valence-electron chi connectivity index (χ0n) is 7.37. The van der Waals surface area contributed by atoms with E-state index >= 15 is 0 Å². The molecule has 0 N–H and O–H groups in total. The van der Waals surface area contributed by atoms with Crippen molar-refractivity contribution in [1.82, 2.24) is 0 Å². The van der Waals surface area contributed by atoms with E-state index in [4.69, 9.17) is 4.74 Å². The van der Waals surface area contributed by atoms with Gasteiger partial charge in [-0.3, -0.25) is 0 Å². The summed E-state index contributed by atoms with van der Waals surface area (Å²) in [6.07, 6.45) is 0. The van der Waals surface area contributed by atoms with Crippen molar-refractivity contribution in [1.29, 1.82) is 5.26 Å². The van der Waals surface area contributed by atoms with Gasteiger partial charge in [0, 0.05) is 26.6 Å². The van der Waals surface area contributed by atoms with Gasteiger partial charge in [-0.05, 0) is 22.0 Å². The van der Waals surface area contributed by atoms with Crippen LogP contribution in [0.4, 0.5) is 0 Å². The fourth-order valence-corrected chi connectivity index (χ4v) is 4.18. The van der Waals surface area contributed by atoms with Gasteiger partial charge in [0.25, 0.3) is 0 Å². The molecule has 0 aromatic carbocycles. The third kappa shape index (κ3) is 0.928. The summed E-state index contributed by atoms with van der Waals surface area (Å²) in [5.41, 5.74) is -0.213. The molecule has 0 amide bonds. The molecule has 72 valence electrons. The summed E-state index contributed by atoms with van der Waals surface area (Å²) in [6, 6.07) is 4.57. The Morgan fingerprint density at radius 2 is 2.29 bits per heavy atom. The number of nitrogens with zero attached hydrogens (tertiary/aromatic N) is 1. The molecule has 1 unspecified atom stereocenters. The summed E-state index contributed by atoms with van der Waals surface area (Å²) in [6.45, 7) is 1.52. The van der Waals surface area contributed by atoms with Gasteiger partial charge in [0.15, 0.2) is 0 Å². The summed E-state index contributed by atoms with van der Waals surface area (Å²) >= 11 is 5.11. The summed E-state index contributed by atoms with van der Waals surface area (Å²) in [5.74, 6) is 0.885. The maximum absolute atomic E-state index is 9.31. The van der Waals surface area contributed by atoms with E-state index in [0.717, 1.165) is 17.7 Å². The first-order valence-corrected chi connectivity index (χ1v) is 6.20. The summed E-state index contributed by atoms with van der Waals surface area (Å²) < 4.78 is 6.42. The lowest BCUT2D eigenvalue weighted by Gasteiger charge is -2.09. The SMILES string of the molecule is N#C[C@@]1(c2cc(Br)cs2)C2COC[C@@H]21. The van der Waals surface area contributed by atoms with E-state index in [1.165, 1.54) is 4.88 Å². The maximum atomic E-state index is 9.31. The molecule has 14 heavy (non-hydrogen) atoms. The topological polar surface area (TPSA) is 33.0 Å². The van der Waals surface area contributed by atoms with E-state index in [9.17, 15) is 5.26 Å². The number of thiophene rings is 1. The second-order valence-electron chi connectivity index (χ2n) is 3.86. The molecule has 0 radical (unpaired) electrons. The van der Waals surface area contributed by atoms with Gasteiger partial charge in [-0.1, -0.05) is 0 Å². The standard InChI is InChI=1S/C10H8BrNOS/c11-6-1-9(14-4-6)10(5-12)7-2-13-3-8(7)10/h1,4,7-8H,2-3H2/t7-,8?,10-/m0/s1. The smallest absolute Gasteiger partial charge is 0.102 e. The summed E-state index contributed by atoms with van der Waals surface area (Å²) in [4.78, 5) is 1.20. The molecule has 1 saturated heterocycles. The van der Waals surface area contributed by atoms with E-state index in [1.807, 2.05) is 5.38 Å². The molecule has 4 heteroatoms. The molecule has 2 aliphatic rings. The van der Waals surface area contributed by atoms with Crippen LogP contribution in [0.2, 0.25) is 0 Å². The Kier molecular flexibility index (Phi) is 1.79. The molecule has 2 heterocycles. The molecular weight excluding hydrogens is 262 g/mol. The van der Waals surface area contributed by atoms with Gasteiger partial charge < -0.3 is 4.74 Å². The average molecular weight is 270 g/mol. The second-order valence-corrected chi connectivity index (χ2v) is 5.69. The minimum absolute atomic E-state index is 0.213. The second kappa shape index (κ2) is 2.82. The highest BCUT2D eigenvalue weighted by Gasteiger charge is 2.69. The monoisotopic (exact) mass is 269 g/mol. The number of fused-ring (bicyclic) bond motifs is 1. The van der Waals surface area contributed by atoms with E-state index in [0.29, 0.717) is 11.8 Å². The number of hydrogen-bond donors (Lipinski definition) is 0. The summed E-state index contributed by atoms with van der Waals surface area (Å²) in [7, 11) is 0. The fourth-order valence-electron chi connectivity index (χ4n) is 2.47. The Labute approximate surface area is 94.6 Å². The van der Waals surface area contributed by atoms with E-state index in [-0.39, 0.29) is 5.41 Å². The Bertz CT molecular complexity index is 412. The van der Waals surface area contributed by atoms with Gasteiger partial charge in [0.05, 0.1) is 19.3 Å². The Morgan fingerprint density at radius 1 is 1.57 bits per heavy atom. The van der Waals surface area contributed by atoms with Crippen molar-refractivity contribution in [3.63, 3.8) is 0 Å². The molecule has 2 fully saturated rings. The van der Waals surface area contributed by atoms with Crippen LogP contribution >= 0.6 is 27.3 Å². The lowest BCUT2D eigenvalue weighted by Crippen LogP contribution is -2.14. The van der Waals surface area contributed by atoms with Crippen LogP contribution in [0.3, 0.4) is 0 Å². The Balaban J connectivity index is 2.02. The van der Waals surface area contributed by atoms with Crippen LogP contribution in [-0.2, 0) is 10.2 Å². The maximum Gasteiger partial charge on any atom is 0.102 e. The molecular formula is C10H8BrNOS. The number of nitriles is 1. The first kappa shape index (κ1) is 8.90. The van der Waals surface area contributed by atoms with Gasteiger partial charge in [0.2, 0.25) is 0 Å². The third-order valence-corrected chi connectivity index (χ3v) is 5.14. The minimum Gasteiger partial charge on any atom is -0.381 e. The van der Waals surface area contributed by atoms with Crippen molar-refractivity contribution in [2.45, 2.75) is 5.41 Å². The van der Waals surface area contributed by atoms with Crippen LogP contribution in [0.25, 0.3) is 0 Å². The van der Waals surface area contributed by atoms with Crippen molar-refractivity contribution in [2.24, 2.45) is 11.8 Å². The molecule has 1 aliphatic heterocycles. The van der Waals surface area contributed by atoms with Gasteiger partial charge in [0.1, 0.15) is 5.41 Å². The Hall–Kier alpha value is -0.370. The van der Waals surface area contributed by atoms with Gasteiger partial charge in [-0.25, -0.2) is 0 Å². The zero-order chi connectivity index (χ0) is 9.76. The van der Waals surface area contributed by atoms with E-state index < -0.39 is 0 Å². The molecule has 1 aromatic rings. The van der Waals surface area contributed by atoms with Gasteiger partial charge in [-0.2, -0.15) is 5.26 Å². The molecule has 1 saturated carbocycles. The number of halogens is 1. The molecule has 3 atom stereocenters. The van der Waals surface area contributed by atoms with Crippen LogP contribution in [0.1, 0.15) is 4.88 Å². The predicted molar refractivity (Wildman–Crippen MR) is 57.1 cm³/mol. The zero-order valence-corrected chi connectivity index (χ0v) is 9.77. The predicted octanol–water partition coefficient (Wildman–Crippen LogP) is 2.55. The van der Waals surface area contributed by atoms with Crippen LogP contribution < -0.4 is 0 Å². The van der Waals surface area contributed by atoms with E-state index in [1.54, 1.807) is 11.3 Å². The van der Waals surface area contributed by atoms with Gasteiger partial charge in [-0.15, -0.1) is 11.3 Å². The van der Waals surface area contributed by atoms with Crippen molar-refractivity contribution in [3.05, 3.63) is 20.8 Å². The molecule has 2 nitrogen and oxygen atoms in total. The normalized spacial score (nSPS) is 39.1. The third-order valence-electron chi connectivity index (χ3n) is 3.30. The largest absolute Gasteiger partial charge is 0.381 e.